The second kappa shape index (κ2) is 18.1. The Balaban J connectivity index is 1.82. The predicted octanol–water partition coefficient (Wildman–Crippen LogP) is 1.84. The quantitative estimate of drug-likeness (QED) is 0.277. The second-order valence-electron chi connectivity index (χ2n) is 17.3. The van der Waals surface area contributed by atoms with E-state index in [2.05, 4.69) is 4.98 Å². The molecule has 3 heterocycles. The molecule has 0 amide bonds. The first-order valence-electron chi connectivity index (χ1n) is 20.9. The molecule has 1 saturated heterocycles. The topological polar surface area (TPSA) is 279 Å². The SMILES string of the molecule is CC(=O)OC[C@@]12[C@H](OC(C)=O)[C@H](OC(C)=O)[C@@H]3[C@@H](OC(=O)c4ccccc4)[C@@]14O[C@@]3(C)COC(=O)c1cccnc1CC[C@](C)(OC(C)=O)C(=O)O[C@@H]([C@H](OC(C)=O)[C@@H]2OC(C)=O)[C@]4(C)O. The van der Waals surface area contributed by atoms with Gasteiger partial charge in [-0.15, -0.1) is 0 Å². The van der Waals surface area contributed by atoms with E-state index in [4.69, 9.17) is 47.4 Å². The van der Waals surface area contributed by atoms with Gasteiger partial charge in [0.15, 0.2) is 30.0 Å². The van der Waals surface area contributed by atoms with Gasteiger partial charge in [-0.2, -0.15) is 0 Å². The molecule has 12 atom stereocenters. The lowest BCUT2D eigenvalue weighted by atomic mass is 9.45. The van der Waals surface area contributed by atoms with E-state index in [0.29, 0.717) is 0 Å². The molecule has 4 aliphatic rings. The molecule has 0 radical (unpaired) electrons. The van der Waals surface area contributed by atoms with Gasteiger partial charge >= 0.3 is 53.7 Å². The summed E-state index contributed by atoms with van der Waals surface area (Å²) in [5, 5.41) is 13.8. The summed E-state index contributed by atoms with van der Waals surface area (Å²) < 4.78 is 61.0. The molecule has 66 heavy (non-hydrogen) atoms. The molecule has 1 spiro atoms. The zero-order valence-corrected chi connectivity index (χ0v) is 37.6. The fourth-order valence-corrected chi connectivity index (χ4v) is 10.1. The molecule has 6 rings (SSSR count). The largest absolute Gasteiger partial charge is 0.465 e. The average Bonchev–Trinajstić information content (AvgIpc) is 3.45. The van der Waals surface area contributed by atoms with Crippen LogP contribution in [0.1, 0.15) is 95.1 Å². The molecular weight excluding hydrogens is 874 g/mol. The van der Waals surface area contributed by atoms with Crippen LogP contribution in [0.2, 0.25) is 0 Å². The molecule has 2 aromatic rings. The minimum Gasteiger partial charge on any atom is -0.465 e. The highest BCUT2D eigenvalue weighted by Crippen LogP contribution is 2.70. The number of fused-ring (bicyclic) bond motifs is 5. The maximum atomic E-state index is 14.9. The van der Waals surface area contributed by atoms with Crippen LogP contribution in [0.15, 0.2) is 48.7 Å². The van der Waals surface area contributed by atoms with Crippen LogP contribution in [-0.2, 0) is 87.4 Å². The Labute approximate surface area is 377 Å². The molecule has 1 aromatic carbocycles. The van der Waals surface area contributed by atoms with E-state index in [1.54, 1.807) is 6.07 Å². The van der Waals surface area contributed by atoms with E-state index >= 15 is 0 Å². The second-order valence-corrected chi connectivity index (χ2v) is 17.3. The van der Waals surface area contributed by atoms with E-state index < -0.39 is 144 Å². The summed E-state index contributed by atoms with van der Waals surface area (Å²) in [6.45, 7) is 7.32. The minimum absolute atomic E-state index is 0.0691. The Morgan fingerprint density at radius 1 is 0.727 bits per heavy atom. The number of aryl methyl sites for hydroxylation is 1. The maximum absolute atomic E-state index is 14.9. The molecule has 1 aromatic heterocycles. The first-order chi connectivity index (χ1) is 30.8. The van der Waals surface area contributed by atoms with Gasteiger partial charge in [-0.25, -0.2) is 14.4 Å². The smallest absolute Gasteiger partial charge is 0.350 e. The number of carbonyl (C=O) groups excluding carboxylic acids is 9. The highest BCUT2D eigenvalue weighted by atomic mass is 16.7. The molecule has 3 fully saturated rings. The van der Waals surface area contributed by atoms with Gasteiger partial charge in [-0.1, -0.05) is 18.2 Å². The van der Waals surface area contributed by atoms with E-state index in [1.165, 1.54) is 56.4 Å². The van der Waals surface area contributed by atoms with Crippen molar-refractivity contribution < 1.29 is 95.6 Å². The number of esters is 9. The Bertz CT molecular complexity index is 2310. The summed E-state index contributed by atoms with van der Waals surface area (Å²) in [7, 11) is 0. The van der Waals surface area contributed by atoms with Crippen molar-refractivity contribution in [2.75, 3.05) is 13.2 Å². The Morgan fingerprint density at radius 3 is 1.89 bits per heavy atom. The third kappa shape index (κ3) is 8.44. The van der Waals surface area contributed by atoms with Crippen LogP contribution < -0.4 is 0 Å². The van der Waals surface area contributed by atoms with E-state index in [1.807, 2.05) is 0 Å². The molecule has 1 N–H and O–H groups in total. The summed E-state index contributed by atoms with van der Waals surface area (Å²) in [6.07, 6.45) is -12.2. The van der Waals surface area contributed by atoms with Crippen molar-refractivity contribution in [2.45, 2.75) is 134 Å². The lowest BCUT2D eigenvalue weighted by Crippen LogP contribution is -2.89. The van der Waals surface area contributed by atoms with Crippen LogP contribution in [0.4, 0.5) is 0 Å². The summed E-state index contributed by atoms with van der Waals surface area (Å²) in [6, 6.07) is 10.2. The number of carbonyl (C=O) groups is 9. The first-order valence-corrected chi connectivity index (χ1v) is 20.9. The van der Waals surface area contributed by atoms with Crippen molar-refractivity contribution in [1.82, 2.24) is 4.98 Å². The summed E-state index contributed by atoms with van der Waals surface area (Å²) in [4.78, 5) is 127. The Kier molecular flexibility index (Phi) is 13.4. The van der Waals surface area contributed by atoms with Crippen molar-refractivity contribution in [1.29, 1.82) is 0 Å². The fraction of sp³-hybridized carbons (Fsp3) is 0.556. The van der Waals surface area contributed by atoms with Gasteiger partial charge in [0.2, 0.25) is 5.60 Å². The number of aliphatic hydroxyl groups is 1. The lowest BCUT2D eigenvalue weighted by Gasteiger charge is -2.67. The number of nitrogens with zero attached hydrogens (tertiary/aromatic N) is 1. The van der Waals surface area contributed by atoms with Crippen molar-refractivity contribution in [2.24, 2.45) is 11.3 Å². The van der Waals surface area contributed by atoms with Gasteiger partial charge < -0.3 is 52.5 Å². The molecule has 21 heteroatoms. The first kappa shape index (κ1) is 49.0. The zero-order valence-electron chi connectivity index (χ0n) is 37.6. The van der Waals surface area contributed by atoms with Crippen LogP contribution >= 0.6 is 0 Å². The van der Waals surface area contributed by atoms with Crippen LogP contribution in [0, 0.1) is 11.3 Å². The van der Waals surface area contributed by atoms with Crippen LogP contribution in [0.25, 0.3) is 0 Å². The molecule has 356 valence electrons. The lowest BCUT2D eigenvalue weighted by molar-refractivity contribution is -0.386. The van der Waals surface area contributed by atoms with Crippen molar-refractivity contribution in [3.8, 4) is 0 Å². The van der Waals surface area contributed by atoms with Crippen molar-refractivity contribution in [3.63, 3.8) is 0 Å². The molecule has 2 saturated carbocycles. The summed E-state index contributed by atoms with van der Waals surface area (Å²) in [5.74, 6) is -11.6. The van der Waals surface area contributed by atoms with Crippen LogP contribution in [0.3, 0.4) is 0 Å². The van der Waals surface area contributed by atoms with E-state index in [9.17, 15) is 48.3 Å². The molecular formula is C45H51NO20. The van der Waals surface area contributed by atoms with Gasteiger partial charge in [-0.05, 0) is 51.5 Å². The predicted molar refractivity (Wildman–Crippen MR) is 216 cm³/mol. The average molecular weight is 926 g/mol. The van der Waals surface area contributed by atoms with E-state index in [-0.39, 0.29) is 23.2 Å². The molecule has 21 nitrogen and oxygen atoms in total. The fourth-order valence-electron chi connectivity index (χ4n) is 10.1. The normalized spacial score (nSPS) is 34.6. The molecule has 2 aliphatic carbocycles. The van der Waals surface area contributed by atoms with Gasteiger partial charge in [0.1, 0.15) is 42.0 Å². The third-order valence-corrected chi connectivity index (χ3v) is 12.5. The maximum Gasteiger partial charge on any atom is 0.350 e. The molecule has 4 bridgehead atoms. The number of cyclic esters (lactones) is 1. The number of hydrogen-bond acceptors (Lipinski definition) is 21. The van der Waals surface area contributed by atoms with E-state index in [0.717, 1.165) is 48.5 Å². The number of benzene rings is 1. The highest BCUT2D eigenvalue weighted by molar-refractivity contribution is 5.91. The van der Waals surface area contributed by atoms with Crippen molar-refractivity contribution in [3.05, 3.63) is 65.5 Å². The highest BCUT2D eigenvalue weighted by Gasteiger charge is 2.92. The molecule has 0 unspecified atom stereocenters. The third-order valence-electron chi connectivity index (χ3n) is 12.5. The summed E-state index contributed by atoms with van der Waals surface area (Å²) in [5.41, 5.74) is -13.3. The van der Waals surface area contributed by atoms with Gasteiger partial charge in [0, 0.05) is 54.2 Å². The Morgan fingerprint density at radius 2 is 1.32 bits per heavy atom. The van der Waals surface area contributed by atoms with Crippen molar-refractivity contribution >= 4 is 53.7 Å². The van der Waals surface area contributed by atoms with Crippen LogP contribution in [-0.4, -0.2) is 136 Å². The Hall–Kier alpha value is -6.48. The standard InChI is InChI=1S/C45H51NO20/c1-22(47)57-21-44-36(61-25(4)50)32(59-23(2)48)31-34(63-38(53)28-14-11-10-12-15-28)45(44)43(9,56)35(33(60-24(3)49)37(44)62-26(5)51)64-40(55)41(7,65-27(6)52)18-17-30-29(16-13-19-46-30)39(54)58-20-42(31,8)66-45/h10-16,19,31-37,56H,17-18,20-21H2,1-9H3/t31-,32-,33+,34-,35+,36-,37+,41+,42+,43+,44+,45+/m1/s1. The molecule has 2 aliphatic heterocycles. The number of rotatable bonds is 9. The minimum atomic E-state index is -3.03. The van der Waals surface area contributed by atoms with Gasteiger partial charge in [-0.3, -0.25) is 33.8 Å². The van der Waals surface area contributed by atoms with Crippen LogP contribution in [0.5, 0.6) is 0 Å². The number of aromatic nitrogens is 1. The number of pyridine rings is 1. The zero-order chi connectivity index (χ0) is 48.7. The number of ether oxygens (including phenoxy) is 10. The van der Waals surface area contributed by atoms with Gasteiger partial charge in [0.25, 0.3) is 0 Å². The number of hydrogen-bond donors (Lipinski definition) is 1. The summed E-state index contributed by atoms with van der Waals surface area (Å²) >= 11 is 0. The monoisotopic (exact) mass is 925 g/mol. The van der Waals surface area contributed by atoms with Gasteiger partial charge in [0.05, 0.1) is 22.7 Å².